The van der Waals surface area contributed by atoms with Crippen LogP contribution in [-0.4, -0.2) is 32.2 Å². The number of anilines is 2. The van der Waals surface area contributed by atoms with Gasteiger partial charge in [-0.2, -0.15) is 0 Å². The summed E-state index contributed by atoms with van der Waals surface area (Å²) in [7, 11) is 0. The van der Waals surface area contributed by atoms with Crippen LogP contribution in [0.25, 0.3) is 22.0 Å². The van der Waals surface area contributed by atoms with Gasteiger partial charge in [0.05, 0.1) is 17.5 Å². The molecule has 5 rings (SSSR count). The largest absolute Gasteiger partial charge is 0.491 e. The number of nitrogens with one attached hydrogen (secondary N) is 1. The Bertz CT molecular complexity index is 1710. The molecule has 0 unspecified atom stereocenters. The molecule has 0 radical (unpaired) electrons. The van der Waals surface area contributed by atoms with E-state index < -0.39 is 5.97 Å². The third kappa shape index (κ3) is 5.32. The first kappa shape index (κ1) is 25.3. The summed E-state index contributed by atoms with van der Waals surface area (Å²) < 4.78 is 7.57. The molecule has 8 nitrogen and oxygen atoms in total. The number of rotatable bonds is 8. The number of hydrogen-bond donors (Lipinski definition) is 2. The Morgan fingerprint density at radius 3 is 2.61 bits per heavy atom. The van der Waals surface area contributed by atoms with E-state index in [9.17, 15) is 14.7 Å². The number of para-hydroxylation sites is 1. The molecule has 10 heteroatoms. The lowest BCUT2D eigenvalue weighted by molar-refractivity contribution is 0.0697. The number of fused-ring (bicyclic) bond motifs is 1. The van der Waals surface area contributed by atoms with Gasteiger partial charge in [-0.15, -0.1) is 0 Å². The van der Waals surface area contributed by atoms with Crippen molar-refractivity contribution >= 4 is 51.7 Å². The predicted molar refractivity (Wildman–Crippen MR) is 148 cm³/mol. The summed E-state index contributed by atoms with van der Waals surface area (Å²) in [6, 6.07) is 22.5. The SMILES string of the molecule is O=C(O)c1cccc(-c2cc(Cl)ccc2OCCn2c(Nc3ccccc3)nc3c(Cl)nccc3c2=O)c1. The number of ether oxygens (including phenoxy) is 1. The van der Waals surface area contributed by atoms with Gasteiger partial charge in [0.25, 0.3) is 5.56 Å². The number of hydrogen-bond acceptors (Lipinski definition) is 6. The molecular formula is C28H20Cl2N4O4. The van der Waals surface area contributed by atoms with Crippen molar-refractivity contribution in [3.05, 3.63) is 111 Å². The fourth-order valence-electron chi connectivity index (χ4n) is 3.99. The van der Waals surface area contributed by atoms with Crippen molar-refractivity contribution in [1.82, 2.24) is 14.5 Å². The van der Waals surface area contributed by atoms with Crippen LogP contribution < -0.4 is 15.6 Å². The Labute approximate surface area is 227 Å². The van der Waals surface area contributed by atoms with E-state index in [-0.39, 0.29) is 35.4 Å². The molecule has 0 saturated heterocycles. The lowest BCUT2D eigenvalue weighted by atomic mass is 10.0. The fourth-order valence-corrected chi connectivity index (χ4v) is 4.36. The number of carboxylic acids is 1. The summed E-state index contributed by atoms with van der Waals surface area (Å²) in [5.41, 5.74) is 2.16. The number of aromatic nitrogens is 3. The Hall–Kier alpha value is -4.40. The molecule has 0 amide bonds. The molecule has 0 aliphatic heterocycles. The van der Waals surface area contributed by atoms with E-state index in [0.29, 0.717) is 32.8 Å². The second kappa shape index (κ2) is 10.9. The number of carbonyl (C=O) groups is 1. The first-order chi connectivity index (χ1) is 18.4. The van der Waals surface area contributed by atoms with Gasteiger partial charge in [0, 0.05) is 22.5 Å². The zero-order chi connectivity index (χ0) is 26.6. The summed E-state index contributed by atoms with van der Waals surface area (Å²) in [5.74, 6) is -0.255. The summed E-state index contributed by atoms with van der Waals surface area (Å²) >= 11 is 12.5. The van der Waals surface area contributed by atoms with Crippen molar-refractivity contribution in [3.8, 4) is 16.9 Å². The highest BCUT2D eigenvalue weighted by Crippen LogP contribution is 2.33. The molecular weight excluding hydrogens is 527 g/mol. The third-order valence-corrected chi connectivity index (χ3v) is 6.30. The first-order valence-corrected chi connectivity index (χ1v) is 12.3. The average molecular weight is 547 g/mol. The molecule has 3 aromatic carbocycles. The van der Waals surface area contributed by atoms with E-state index >= 15 is 0 Å². The molecule has 190 valence electrons. The standard InChI is InChI=1S/C28H20Cl2N4O4/c29-19-9-10-23(22(16-19)17-5-4-6-18(15-17)27(36)37)38-14-13-34-26(35)21-11-12-31-25(30)24(21)33-28(34)32-20-7-2-1-3-8-20/h1-12,15-16H,13-14H2,(H,32,33)(H,36,37). The minimum Gasteiger partial charge on any atom is -0.491 e. The van der Waals surface area contributed by atoms with Crippen molar-refractivity contribution in [2.24, 2.45) is 0 Å². The molecule has 5 aromatic rings. The van der Waals surface area contributed by atoms with Gasteiger partial charge >= 0.3 is 5.97 Å². The second-order valence-electron chi connectivity index (χ2n) is 8.26. The molecule has 2 N–H and O–H groups in total. The molecule has 0 aliphatic rings. The van der Waals surface area contributed by atoms with Gasteiger partial charge in [-0.3, -0.25) is 9.36 Å². The highest BCUT2D eigenvalue weighted by atomic mass is 35.5. The Morgan fingerprint density at radius 1 is 1.00 bits per heavy atom. The third-order valence-electron chi connectivity index (χ3n) is 5.79. The van der Waals surface area contributed by atoms with Crippen molar-refractivity contribution in [1.29, 1.82) is 0 Å². The van der Waals surface area contributed by atoms with Crippen LogP contribution >= 0.6 is 23.2 Å². The van der Waals surface area contributed by atoms with Crippen LogP contribution in [0.3, 0.4) is 0 Å². The maximum atomic E-state index is 13.4. The van der Waals surface area contributed by atoms with Crippen molar-refractivity contribution in [2.45, 2.75) is 6.54 Å². The van der Waals surface area contributed by atoms with E-state index in [1.165, 1.54) is 16.8 Å². The van der Waals surface area contributed by atoms with Crippen LogP contribution in [0.15, 0.2) is 89.9 Å². The van der Waals surface area contributed by atoms with Crippen LogP contribution in [0.1, 0.15) is 10.4 Å². The topological polar surface area (TPSA) is 106 Å². The van der Waals surface area contributed by atoms with Crippen LogP contribution in [0.2, 0.25) is 10.2 Å². The number of carboxylic acid groups (broad SMARTS) is 1. The summed E-state index contributed by atoms with van der Waals surface area (Å²) in [6.45, 7) is 0.275. The van der Waals surface area contributed by atoms with Gasteiger partial charge in [-0.1, -0.05) is 53.5 Å². The summed E-state index contributed by atoms with van der Waals surface area (Å²) in [6.07, 6.45) is 1.46. The zero-order valence-electron chi connectivity index (χ0n) is 19.8. The molecule has 0 bridgehead atoms. The van der Waals surface area contributed by atoms with Crippen LogP contribution in [0.4, 0.5) is 11.6 Å². The van der Waals surface area contributed by atoms with Gasteiger partial charge < -0.3 is 15.2 Å². The van der Waals surface area contributed by atoms with Crippen molar-refractivity contribution in [3.63, 3.8) is 0 Å². The van der Waals surface area contributed by atoms with Gasteiger partial charge in [0.15, 0.2) is 5.15 Å². The molecule has 0 aliphatic carbocycles. The molecule has 0 fully saturated rings. The Balaban J connectivity index is 1.47. The van der Waals surface area contributed by atoms with E-state index in [2.05, 4.69) is 15.3 Å². The van der Waals surface area contributed by atoms with E-state index in [1.54, 1.807) is 42.5 Å². The highest BCUT2D eigenvalue weighted by Gasteiger charge is 2.15. The molecule has 0 saturated carbocycles. The Kier molecular flexibility index (Phi) is 7.26. The molecule has 2 heterocycles. The number of benzene rings is 3. The molecule has 0 spiro atoms. The van der Waals surface area contributed by atoms with E-state index in [1.807, 2.05) is 30.3 Å². The van der Waals surface area contributed by atoms with Crippen LogP contribution in [0.5, 0.6) is 5.75 Å². The maximum absolute atomic E-state index is 13.4. The lowest BCUT2D eigenvalue weighted by Gasteiger charge is -2.17. The van der Waals surface area contributed by atoms with Gasteiger partial charge in [0.2, 0.25) is 5.95 Å². The lowest BCUT2D eigenvalue weighted by Crippen LogP contribution is -2.27. The van der Waals surface area contributed by atoms with Gasteiger partial charge in [-0.25, -0.2) is 14.8 Å². The average Bonchev–Trinajstić information content (AvgIpc) is 2.92. The zero-order valence-corrected chi connectivity index (χ0v) is 21.3. The summed E-state index contributed by atoms with van der Waals surface area (Å²) in [4.78, 5) is 33.5. The smallest absolute Gasteiger partial charge is 0.335 e. The quantitative estimate of drug-likeness (QED) is 0.220. The molecule has 0 atom stereocenters. The van der Waals surface area contributed by atoms with Gasteiger partial charge in [-0.05, 0) is 54.1 Å². The second-order valence-corrected chi connectivity index (χ2v) is 9.05. The number of halogens is 2. The van der Waals surface area contributed by atoms with E-state index in [4.69, 9.17) is 27.9 Å². The van der Waals surface area contributed by atoms with Gasteiger partial charge in [0.1, 0.15) is 17.9 Å². The monoisotopic (exact) mass is 546 g/mol. The van der Waals surface area contributed by atoms with Crippen LogP contribution in [-0.2, 0) is 6.54 Å². The minimum atomic E-state index is -1.03. The maximum Gasteiger partial charge on any atom is 0.335 e. The van der Waals surface area contributed by atoms with Crippen molar-refractivity contribution < 1.29 is 14.6 Å². The highest BCUT2D eigenvalue weighted by molar-refractivity contribution is 6.33. The number of nitrogens with zero attached hydrogens (tertiary/aromatic N) is 3. The number of pyridine rings is 1. The fraction of sp³-hybridized carbons (Fsp3) is 0.0714. The Morgan fingerprint density at radius 2 is 1.82 bits per heavy atom. The first-order valence-electron chi connectivity index (χ1n) is 11.5. The molecule has 38 heavy (non-hydrogen) atoms. The number of aromatic carboxylic acids is 1. The normalized spacial score (nSPS) is 10.9. The van der Waals surface area contributed by atoms with E-state index in [0.717, 1.165) is 5.69 Å². The van der Waals surface area contributed by atoms with Crippen molar-refractivity contribution in [2.75, 3.05) is 11.9 Å². The van der Waals surface area contributed by atoms with Crippen LogP contribution in [0, 0.1) is 0 Å². The predicted octanol–water partition coefficient (Wildman–Crippen LogP) is 6.29. The molecule has 2 aromatic heterocycles. The summed E-state index contributed by atoms with van der Waals surface area (Å²) in [5, 5.41) is 13.5. The minimum absolute atomic E-state index is 0.114.